The third kappa shape index (κ3) is 4.92. The molecule has 1 fully saturated rings. The second-order valence-electron chi connectivity index (χ2n) is 5.63. The second kappa shape index (κ2) is 6.50. The Kier molecular flexibility index (Phi) is 5.56. The molecule has 0 bridgehead atoms. The molecule has 0 spiro atoms. The van der Waals surface area contributed by atoms with Gasteiger partial charge in [-0.1, -0.05) is 6.92 Å². The van der Waals surface area contributed by atoms with E-state index in [1.807, 2.05) is 0 Å². The van der Waals surface area contributed by atoms with Crippen LogP contribution in [-0.4, -0.2) is 74.4 Å². The number of hydrogen-bond acceptors (Lipinski definition) is 4. The molecular weight excluding hydrogens is 232 g/mol. The summed E-state index contributed by atoms with van der Waals surface area (Å²) >= 11 is 0. The largest absolute Gasteiger partial charge is 0.369 e. The average Bonchev–Trinajstić information content (AvgIpc) is 2.26. The van der Waals surface area contributed by atoms with Crippen LogP contribution in [0.2, 0.25) is 0 Å². The van der Waals surface area contributed by atoms with Crippen molar-refractivity contribution in [3.05, 3.63) is 0 Å². The third-order valence-corrected chi connectivity index (χ3v) is 3.03. The summed E-state index contributed by atoms with van der Waals surface area (Å²) in [7, 11) is 3.45. The van der Waals surface area contributed by atoms with Gasteiger partial charge in [0.1, 0.15) is 6.61 Å². The lowest BCUT2D eigenvalue weighted by molar-refractivity contribution is -0.159. The highest BCUT2D eigenvalue weighted by atomic mass is 16.5. The summed E-state index contributed by atoms with van der Waals surface area (Å²) < 4.78 is 11.4. The fourth-order valence-electron chi connectivity index (χ4n) is 2.15. The zero-order valence-electron chi connectivity index (χ0n) is 12.2. The normalized spacial score (nSPS) is 23.9. The number of morpholine rings is 1. The molecule has 1 aliphatic rings. The van der Waals surface area contributed by atoms with E-state index in [0.717, 1.165) is 19.6 Å². The van der Waals surface area contributed by atoms with Crippen molar-refractivity contribution in [1.29, 1.82) is 0 Å². The molecular formula is C13H26N2O3. The fourth-order valence-corrected chi connectivity index (χ4v) is 2.15. The van der Waals surface area contributed by atoms with Gasteiger partial charge in [0.2, 0.25) is 5.91 Å². The topological polar surface area (TPSA) is 42.0 Å². The SMILES string of the molecule is CCN1C[C@H](COCC(=O)N(C)C)OC(C)(C)C1. The standard InChI is InChI=1S/C13H26N2O3/c1-6-15-7-11(18-13(2,3)10-15)8-17-9-12(16)14(4)5/h11H,6-10H2,1-5H3/t11-/m1/s1. The number of nitrogens with zero attached hydrogens (tertiary/aromatic N) is 2. The van der Waals surface area contributed by atoms with Crippen molar-refractivity contribution < 1.29 is 14.3 Å². The summed E-state index contributed by atoms with van der Waals surface area (Å²) in [6, 6.07) is 0. The first-order valence-electron chi connectivity index (χ1n) is 6.52. The molecule has 0 unspecified atom stereocenters. The van der Waals surface area contributed by atoms with Gasteiger partial charge in [0.15, 0.2) is 0 Å². The van der Waals surface area contributed by atoms with Gasteiger partial charge in [0.05, 0.1) is 18.3 Å². The Labute approximate surface area is 110 Å². The number of carbonyl (C=O) groups is 1. The molecule has 106 valence electrons. The Bertz CT molecular complexity index is 279. The Morgan fingerprint density at radius 1 is 1.50 bits per heavy atom. The minimum absolute atomic E-state index is 0.0163. The van der Waals surface area contributed by atoms with E-state index in [1.54, 1.807) is 14.1 Å². The molecule has 18 heavy (non-hydrogen) atoms. The molecule has 1 rings (SSSR count). The number of hydrogen-bond donors (Lipinski definition) is 0. The monoisotopic (exact) mass is 258 g/mol. The predicted molar refractivity (Wildman–Crippen MR) is 70.6 cm³/mol. The van der Waals surface area contributed by atoms with E-state index in [2.05, 4.69) is 25.7 Å². The zero-order chi connectivity index (χ0) is 13.8. The van der Waals surface area contributed by atoms with E-state index >= 15 is 0 Å². The Hall–Kier alpha value is -0.650. The van der Waals surface area contributed by atoms with Crippen molar-refractivity contribution in [1.82, 2.24) is 9.80 Å². The lowest BCUT2D eigenvalue weighted by Gasteiger charge is -2.42. The van der Waals surface area contributed by atoms with Gasteiger partial charge in [-0.05, 0) is 20.4 Å². The van der Waals surface area contributed by atoms with E-state index in [0.29, 0.717) is 6.61 Å². The van der Waals surface area contributed by atoms with Crippen molar-refractivity contribution in [2.75, 3.05) is 46.9 Å². The summed E-state index contributed by atoms with van der Waals surface area (Å²) in [5.41, 5.74) is -0.145. The van der Waals surface area contributed by atoms with Crippen molar-refractivity contribution in [3.63, 3.8) is 0 Å². The summed E-state index contributed by atoms with van der Waals surface area (Å²) in [5.74, 6) is -0.0163. The fraction of sp³-hybridized carbons (Fsp3) is 0.923. The van der Waals surface area contributed by atoms with Crippen LogP contribution in [0, 0.1) is 0 Å². The Morgan fingerprint density at radius 2 is 2.17 bits per heavy atom. The van der Waals surface area contributed by atoms with Crippen LogP contribution in [-0.2, 0) is 14.3 Å². The van der Waals surface area contributed by atoms with Crippen molar-refractivity contribution in [3.8, 4) is 0 Å². The summed E-state index contributed by atoms with van der Waals surface area (Å²) in [4.78, 5) is 15.3. The van der Waals surface area contributed by atoms with Gasteiger partial charge in [0, 0.05) is 27.2 Å². The first kappa shape index (κ1) is 15.4. The van der Waals surface area contributed by atoms with Crippen LogP contribution in [0.4, 0.5) is 0 Å². The minimum Gasteiger partial charge on any atom is -0.369 e. The maximum absolute atomic E-state index is 11.4. The molecule has 5 nitrogen and oxygen atoms in total. The molecule has 0 N–H and O–H groups in total. The number of amides is 1. The number of carbonyl (C=O) groups excluding carboxylic acids is 1. The molecule has 0 aromatic carbocycles. The van der Waals surface area contributed by atoms with E-state index in [4.69, 9.17) is 9.47 Å². The molecule has 1 heterocycles. The van der Waals surface area contributed by atoms with Crippen LogP contribution in [0.5, 0.6) is 0 Å². The maximum Gasteiger partial charge on any atom is 0.248 e. The summed E-state index contributed by atoms with van der Waals surface area (Å²) in [5, 5.41) is 0. The third-order valence-electron chi connectivity index (χ3n) is 3.03. The molecule has 1 saturated heterocycles. The van der Waals surface area contributed by atoms with E-state index < -0.39 is 0 Å². The van der Waals surface area contributed by atoms with Gasteiger partial charge < -0.3 is 14.4 Å². The molecule has 0 radical (unpaired) electrons. The maximum atomic E-state index is 11.4. The average molecular weight is 258 g/mol. The quantitative estimate of drug-likeness (QED) is 0.724. The van der Waals surface area contributed by atoms with Crippen LogP contribution in [0.15, 0.2) is 0 Å². The zero-order valence-corrected chi connectivity index (χ0v) is 12.2. The first-order chi connectivity index (χ1) is 8.34. The van der Waals surface area contributed by atoms with Crippen molar-refractivity contribution in [2.24, 2.45) is 0 Å². The van der Waals surface area contributed by atoms with Crippen LogP contribution >= 0.6 is 0 Å². The molecule has 1 amide bonds. The molecule has 0 aromatic rings. The lowest BCUT2D eigenvalue weighted by Crippen LogP contribution is -2.53. The van der Waals surface area contributed by atoms with Gasteiger partial charge in [0.25, 0.3) is 0 Å². The molecule has 1 atom stereocenters. The van der Waals surface area contributed by atoms with Crippen LogP contribution in [0.25, 0.3) is 0 Å². The van der Waals surface area contributed by atoms with Gasteiger partial charge >= 0.3 is 0 Å². The minimum atomic E-state index is -0.145. The van der Waals surface area contributed by atoms with Crippen LogP contribution < -0.4 is 0 Å². The lowest BCUT2D eigenvalue weighted by atomic mass is 10.1. The molecule has 0 aromatic heterocycles. The van der Waals surface area contributed by atoms with Gasteiger partial charge in [-0.3, -0.25) is 9.69 Å². The van der Waals surface area contributed by atoms with Crippen molar-refractivity contribution >= 4 is 5.91 Å². The number of likely N-dealkylation sites (N-methyl/N-ethyl adjacent to an activating group) is 2. The van der Waals surface area contributed by atoms with Crippen molar-refractivity contribution in [2.45, 2.75) is 32.5 Å². The molecule has 0 saturated carbocycles. The predicted octanol–water partition coefficient (Wildman–Crippen LogP) is 0.591. The number of ether oxygens (including phenoxy) is 2. The smallest absolute Gasteiger partial charge is 0.248 e. The summed E-state index contributed by atoms with van der Waals surface area (Å²) in [6.45, 7) is 9.75. The van der Waals surface area contributed by atoms with E-state index in [1.165, 1.54) is 4.90 Å². The highest BCUT2D eigenvalue weighted by Gasteiger charge is 2.32. The van der Waals surface area contributed by atoms with Crippen LogP contribution in [0.1, 0.15) is 20.8 Å². The van der Waals surface area contributed by atoms with Gasteiger partial charge in [-0.15, -0.1) is 0 Å². The van der Waals surface area contributed by atoms with Gasteiger partial charge in [-0.25, -0.2) is 0 Å². The van der Waals surface area contributed by atoms with Gasteiger partial charge in [-0.2, -0.15) is 0 Å². The molecule has 0 aliphatic carbocycles. The highest BCUT2D eigenvalue weighted by molar-refractivity contribution is 5.76. The number of rotatable bonds is 5. The summed E-state index contributed by atoms with van der Waals surface area (Å²) in [6.07, 6.45) is 0.0451. The highest BCUT2D eigenvalue weighted by Crippen LogP contribution is 2.20. The second-order valence-corrected chi connectivity index (χ2v) is 5.63. The molecule has 5 heteroatoms. The molecule has 1 aliphatic heterocycles. The Balaban J connectivity index is 2.35. The Morgan fingerprint density at radius 3 is 2.72 bits per heavy atom. The van der Waals surface area contributed by atoms with E-state index in [-0.39, 0.29) is 24.2 Å². The van der Waals surface area contributed by atoms with Crippen LogP contribution in [0.3, 0.4) is 0 Å². The van der Waals surface area contributed by atoms with E-state index in [9.17, 15) is 4.79 Å². The first-order valence-corrected chi connectivity index (χ1v) is 6.52.